The van der Waals surface area contributed by atoms with Crippen LogP contribution in [0.2, 0.25) is 0 Å². The smallest absolute Gasteiger partial charge is 0.269 e. The van der Waals surface area contributed by atoms with Crippen LogP contribution in [0.25, 0.3) is 11.1 Å². The number of benzene rings is 1. The van der Waals surface area contributed by atoms with Crippen molar-refractivity contribution in [2.45, 2.75) is 25.8 Å². The Morgan fingerprint density at radius 2 is 1.95 bits per heavy atom. The summed E-state index contributed by atoms with van der Waals surface area (Å²) in [6.45, 7) is 1.94. The molecular weight excluding hydrogens is 236 g/mol. The Morgan fingerprint density at radius 3 is 2.53 bits per heavy atom. The van der Waals surface area contributed by atoms with Crippen LogP contribution >= 0.6 is 0 Å². The van der Waals surface area contributed by atoms with Crippen molar-refractivity contribution < 1.29 is 0 Å². The molecule has 19 heavy (non-hydrogen) atoms. The summed E-state index contributed by atoms with van der Waals surface area (Å²) in [5, 5.41) is 9.31. The highest BCUT2D eigenvalue weighted by atomic mass is 16.1. The molecular formula is C16H14N2O. The van der Waals surface area contributed by atoms with Crippen molar-refractivity contribution in [3.8, 4) is 17.2 Å². The molecule has 1 aliphatic carbocycles. The third-order valence-electron chi connectivity index (χ3n) is 3.54. The quantitative estimate of drug-likeness (QED) is 0.822. The van der Waals surface area contributed by atoms with E-state index in [0.29, 0.717) is 6.04 Å². The van der Waals surface area contributed by atoms with Gasteiger partial charge in [-0.2, -0.15) is 5.26 Å². The molecule has 3 rings (SSSR count). The first kappa shape index (κ1) is 11.7. The number of nitrogens with zero attached hydrogens (tertiary/aromatic N) is 2. The summed E-state index contributed by atoms with van der Waals surface area (Å²) >= 11 is 0. The molecule has 0 saturated heterocycles. The summed E-state index contributed by atoms with van der Waals surface area (Å²) < 4.78 is 1.77. The summed E-state index contributed by atoms with van der Waals surface area (Å²) in [5.41, 5.74) is 2.70. The Kier molecular flexibility index (Phi) is 2.72. The van der Waals surface area contributed by atoms with E-state index < -0.39 is 0 Å². The highest BCUT2D eigenvalue weighted by Crippen LogP contribution is 2.35. The summed E-state index contributed by atoms with van der Waals surface area (Å²) in [6.07, 6.45) is 2.08. The minimum absolute atomic E-state index is 0.149. The van der Waals surface area contributed by atoms with Crippen LogP contribution in [0.5, 0.6) is 0 Å². The van der Waals surface area contributed by atoms with Crippen molar-refractivity contribution in [1.29, 1.82) is 5.26 Å². The summed E-state index contributed by atoms with van der Waals surface area (Å²) in [7, 11) is 0. The molecule has 1 fully saturated rings. The van der Waals surface area contributed by atoms with Gasteiger partial charge in [0, 0.05) is 17.3 Å². The number of hydrogen-bond donors (Lipinski definition) is 0. The van der Waals surface area contributed by atoms with E-state index in [-0.39, 0.29) is 11.1 Å². The molecule has 1 saturated carbocycles. The van der Waals surface area contributed by atoms with Crippen molar-refractivity contribution in [3.05, 3.63) is 58.0 Å². The van der Waals surface area contributed by atoms with E-state index in [0.717, 1.165) is 29.7 Å². The molecule has 0 amide bonds. The highest BCUT2D eigenvalue weighted by Gasteiger charge is 2.27. The molecule has 94 valence electrons. The topological polar surface area (TPSA) is 45.8 Å². The van der Waals surface area contributed by atoms with Crippen LogP contribution in [0.15, 0.2) is 41.2 Å². The number of aromatic nitrogens is 1. The first-order valence-corrected chi connectivity index (χ1v) is 6.44. The fourth-order valence-electron chi connectivity index (χ4n) is 2.49. The molecule has 1 aromatic carbocycles. The molecule has 3 heteroatoms. The van der Waals surface area contributed by atoms with Gasteiger partial charge < -0.3 is 4.57 Å². The second-order valence-corrected chi connectivity index (χ2v) is 4.96. The number of aryl methyl sites for hydroxylation is 1. The van der Waals surface area contributed by atoms with Gasteiger partial charge in [0.25, 0.3) is 5.56 Å². The minimum atomic E-state index is -0.149. The summed E-state index contributed by atoms with van der Waals surface area (Å²) in [6, 6.07) is 13.9. The zero-order valence-electron chi connectivity index (χ0n) is 10.8. The lowest BCUT2D eigenvalue weighted by Gasteiger charge is -2.12. The molecule has 1 aliphatic rings. The van der Waals surface area contributed by atoms with Gasteiger partial charge in [0.2, 0.25) is 0 Å². The predicted molar refractivity (Wildman–Crippen MR) is 73.9 cm³/mol. The van der Waals surface area contributed by atoms with E-state index in [1.165, 1.54) is 0 Å². The third-order valence-corrected chi connectivity index (χ3v) is 3.54. The lowest BCUT2D eigenvalue weighted by molar-refractivity contribution is 0.680. The van der Waals surface area contributed by atoms with Gasteiger partial charge in [-0.1, -0.05) is 30.3 Å². The number of hydrogen-bond acceptors (Lipinski definition) is 2. The van der Waals surface area contributed by atoms with Crippen molar-refractivity contribution in [3.63, 3.8) is 0 Å². The Morgan fingerprint density at radius 1 is 1.26 bits per heavy atom. The normalized spacial score (nSPS) is 14.1. The average molecular weight is 250 g/mol. The summed E-state index contributed by atoms with van der Waals surface area (Å²) in [4.78, 5) is 12.4. The Labute approximate surface area is 111 Å². The lowest BCUT2D eigenvalue weighted by atomic mass is 10.0. The lowest BCUT2D eigenvalue weighted by Crippen LogP contribution is -2.24. The van der Waals surface area contributed by atoms with E-state index in [2.05, 4.69) is 6.07 Å². The number of rotatable bonds is 2. The Bertz CT molecular complexity index is 719. The average Bonchev–Trinajstić information content (AvgIpc) is 3.24. The maximum absolute atomic E-state index is 12.4. The molecule has 0 unspecified atom stereocenters. The molecule has 0 radical (unpaired) electrons. The van der Waals surface area contributed by atoms with E-state index in [1.807, 2.05) is 43.3 Å². The second kappa shape index (κ2) is 4.40. The van der Waals surface area contributed by atoms with Crippen LogP contribution in [0.3, 0.4) is 0 Å². The maximum atomic E-state index is 12.4. The third kappa shape index (κ3) is 1.96. The molecule has 0 aliphatic heterocycles. The van der Waals surface area contributed by atoms with Crippen molar-refractivity contribution in [2.24, 2.45) is 0 Å². The van der Waals surface area contributed by atoms with Crippen molar-refractivity contribution >= 4 is 0 Å². The van der Waals surface area contributed by atoms with Crippen LogP contribution in [-0.4, -0.2) is 4.57 Å². The van der Waals surface area contributed by atoms with Crippen LogP contribution in [0, 0.1) is 18.3 Å². The van der Waals surface area contributed by atoms with E-state index >= 15 is 0 Å². The van der Waals surface area contributed by atoms with E-state index in [4.69, 9.17) is 0 Å². The zero-order chi connectivity index (χ0) is 13.4. The van der Waals surface area contributed by atoms with Gasteiger partial charge in [-0.3, -0.25) is 4.79 Å². The van der Waals surface area contributed by atoms with Crippen LogP contribution in [0.1, 0.15) is 30.1 Å². The van der Waals surface area contributed by atoms with E-state index in [1.54, 1.807) is 4.57 Å². The molecule has 2 aromatic rings. The monoisotopic (exact) mass is 250 g/mol. The van der Waals surface area contributed by atoms with Gasteiger partial charge in [-0.05, 0) is 31.4 Å². The molecule has 1 aromatic heterocycles. The van der Waals surface area contributed by atoms with Gasteiger partial charge in [0.05, 0.1) is 0 Å². The fraction of sp³-hybridized carbons (Fsp3) is 0.250. The Hall–Kier alpha value is -2.34. The van der Waals surface area contributed by atoms with Gasteiger partial charge in [-0.25, -0.2) is 0 Å². The van der Waals surface area contributed by atoms with Crippen molar-refractivity contribution in [1.82, 2.24) is 4.57 Å². The first-order chi connectivity index (χ1) is 9.22. The zero-order valence-corrected chi connectivity index (χ0v) is 10.8. The van der Waals surface area contributed by atoms with Gasteiger partial charge >= 0.3 is 0 Å². The Balaban J connectivity index is 2.27. The van der Waals surface area contributed by atoms with Crippen LogP contribution < -0.4 is 5.56 Å². The predicted octanol–water partition coefficient (Wildman–Crippen LogP) is 3.03. The maximum Gasteiger partial charge on any atom is 0.269 e. The molecule has 0 atom stereocenters. The molecule has 0 bridgehead atoms. The van der Waals surface area contributed by atoms with Crippen LogP contribution in [0.4, 0.5) is 0 Å². The van der Waals surface area contributed by atoms with Gasteiger partial charge in [0.15, 0.2) is 0 Å². The van der Waals surface area contributed by atoms with Crippen molar-refractivity contribution in [2.75, 3.05) is 0 Å². The SMILES string of the molecule is Cc1cc(-c2ccccc2)c(C#N)c(=O)n1C1CC1. The number of nitriles is 1. The van der Waals surface area contributed by atoms with Crippen LogP contribution in [-0.2, 0) is 0 Å². The largest absolute Gasteiger partial charge is 0.309 e. The van der Waals surface area contributed by atoms with E-state index in [9.17, 15) is 10.1 Å². The van der Waals surface area contributed by atoms with Gasteiger partial charge in [-0.15, -0.1) is 0 Å². The minimum Gasteiger partial charge on any atom is -0.309 e. The first-order valence-electron chi connectivity index (χ1n) is 6.44. The molecule has 0 spiro atoms. The summed E-state index contributed by atoms with van der Waals surface area (Å²) in [5.74, 6) is 0. The molecule has 1 heterocycles. The highest BCUT2D eigenvalue weighted by molar-refractivity contribution is 5.70. The second-order valence-electron chi connectivity index (χ2n) is 4.96. The fourth-order valence-corrected chi connectivity index (χ4v) is 2.49. The molecule has 3 nitrogen and oxygen atoms in total. The van der Waals surface area contributed by atoms with Gasteiger partial charge in [0.1, 0.15) is 11.6 Å². The standard InChI is InChI=1S/C16H14N2O/c1-11-9-14(12-5-3-2-4-6-12)15(10-17)16(19)18(11)13-7-8-13/h2-6,9,13H,7-8H2,1H3. The molecule has 0 N–H and O–H groups in total. The number of pyridine rings is 1.